The zero-order valence-electron chi connectivity index (χ0n) is 12.0. The van der Waals surface area contributed by atoms with Crippen LogP contribution in [0.25, 0.3) is 0 Å². The molecular formula is C15H21BrN2O2. The van der Waals surface area contributed by atoms with Gasteiger partial charge in [-0.05, 0) is 44.0 Å². The third-order valence-electron chi connectivity index (χ3n) is 4.04. The van der Waals surface area contributed by atoms with E-state index in [1.165, 1.54) is 0 Å². The Morgan fingerprint density at radius 3 is 2.95 bits per heavy atom. The number of methoxy groups -OCH3 is 1. The van der Waals surface area contributed by atoms with Crippen molar-refractivity contribution in [2.75, 3.05) is 25.5 Å². The summed E-state index contributed by atoms with van der Waals surface area (Å²) in [6.07, 6.45) is 2.80. The molecule has 4 nitrogen and oxygen atoms in total. The number of hydrogen-bond acceptors (Lipinski definition) is 3. The molecule has 110 valence electrons. The Balaban J connectivity index is 2.20. The van der Waals surface area contributed by atoms with Gasteiger partial charge in [0.1, 0.15) is 5.75 Å². The minimum atomic E-state index is -0.314. The topological polar surface area (TPSA) is 50.4 Å². The molecule has 1 unspecified atom stereocenters. The van der Waals surface area contributed by atoms with Gasteiger partial charge in [0, 0.05) is 11.0 Å². The first-order valence-electron chi connectivity index (χ1n) is 6.97. The molecule has 1 atom stereocenters. The molecule has 0 spiro atoms. The van der Waals surface area contributed by atoms with Crippen LogP contribution in [-0.2, 0) is 4.79 Å². The molecule has 1 aromatic rings. The van der Waals surface area contributed by atoms with Crippen molar-refractivity contribution in [2.45, 2.75) is 26.2 Å². The number of amides is 1. The van der Waals surface area contributed by atoms with Gasteiger partial charge >= 0.3 is 0 Å². The molecule has 5 heteroatoms. The van der Waals surface area contributed by atoms with E-state index in [9.17, 15) is 4.79 Å². The van der Waals surface area contributed by atoms with Crippen LogP contribution in [0.1, 0.15) is 26.2 Å². The molecule has 2 rings (SSSR count). The largest absolute Gasteiger partial charge is 0.495 e. The molecule has 1 heterocycles. The molecule has 20 heavy (non-hydrogen) atoms. The predicted octanol–water partition coefficient (Wildman–Crippen LogP) is 3.18. The van der Waals surface area contributed by atoms with Crippen molar-refractivity contribution < 1.29 is 9.53 Å². The molecule has 0 aliphatic carbocycles. The number of carbonyl (C=O) groups excluding carboxylic acids is 1. The first-order valence-corrected chi connectivity index (χ1v) is 7.76. The molecule has 1 fully saturated rings. The molecule has 1 saturated heterocycles. The lowest BCUT2D eigenvalue weighted by molar-refractivity contribution is -0.126. The van der Waals surface area contributed by atoms with Gasteiger partial charge in [-0.1, -0.05) is 22.9 Å². The van der Waals surface area contributed by atoms with E-state index < -0.39 is 0 Å². The van der Waals surface area contributed by atoms with Crippen LogP contribution in [0.2, 0.25) is 0 Å². The maximum atomic E-state index is 12.7. The van der Waals surface area contributed by atoms with Gasteiger partial charge in [0.2, 0.25) is 5.91 Å². The summed E-state index contributed by atoms with van der Waals surface area (Å²) in [6, 6.07) is 5.61. The fourth-order valence-corrected chi connectivity index (χ4v) is 3.02. The smallest absolute Gasteiger partial charge is 0.231 e. The number of halogens is 1. The molecule has 1 amide bonds. The number of carbonyl (C=O) groups is 1. The Bertz CT molecular complexity index is 485. The highest BCUT2D eigenvalue weighted by atomic mass is 79.9. The maximum absolute atomic E-state index is 12.7. The number of anilines is 1. The van der Waals surface area contributed by atoms with E-state index in [0.717, 1.165) is 36.8 Å². The quantitative estimate of drug-likeness (QED) is 0.884. The van der Waals surface area contributed by atoms with Crippen molar-refractivity contribution >= 4 is 27.5 Å². The van der Waals surface area contributed by atoms with Crippen LogP contribution >= 0.6 is 15.9 Å². The summed E-state index contributed by atoms with van der Waals surface area (Å²) in [5, 5.41) is 6.36. The lowest BCUT2D eigenvalue weighted by atomic mass is 9.77. The second-order valence-corrected chi connectivity index (χ2v) is 6.13. The number of nitrogens with one attached hydrogen (secondary N) is 2. The van der Waals surface area contributed by atoms with Crippen molar-refractivity contribution in [1.29, 1.82) is 0 Å². The third-order valence-corrected chi connectivity index (χ3v) is 4.53. The fraction of sp³-hybridized carbons (Fsp3) is 0.533. The summed E-state index contributed by atoms with van der Waals surface area (Å²) in [7, 11) is 1.61. The monoisotopic (exact) mass is 340 g/mol. The summed E-state index contributed by atoms with van der Waals surface area (Å²) in [4.78, 5) is 12.7. The first-order chi connectivity index (χ1) is 9.61. The average Bonchev–Trinajstić information content (AvgIpc) is 2.48. The standard InChI is InChI=1S/C15H21BrN2O2/c1-3-15(7-4-8-17-10-15)14(19)18-12-9-11(16)5-6-13(12)20-2/h5-6,9,17H,3-4,7-8,10H2,1-2H3,(H,18,19). The minimum Gasteiger partial charge on any atom is -0.495 e. The molecule has 0 bridgehead atoms. The van der Waals surface area contributed by atoms with Gasteiger partial charge in [0.15, 0.2) is 0 Å². The van der Waals surface area contributed by atoms with E-state index in [2.05, 4.69) is 33.5 Å². The molecule has 0 saturated carbocycles. The number of ether oxygens (including phenoxy) is 1. The minimum absolute atomic E-state index is 0.0728. The van der Waals surface area contributed by atoms with E-state index in [4.69, 9.17) is 4.74 Å². The van der Waals surface area contributed by atoms with Crippen LogP contribution in [0.4, 0.5) is 5.69 Å². The molecule has 1 aliphatic heterocycles. The Morgan fingerprint density at radius 1 is 1.55 bits per heavy atom. The van der Waals surface area contributed by atoms with E-state index in [0.29, 0.717) is 11.4 Å². The SMILES string of the molecule is CCC1(C(=O)Nc2cc(Br)ccc2OC)CCCNC1. The summed E-state index contributed by atoms with van der Waals surface area (Å²) < 4.78 is 6.22. The summed E-state index contributed by atoms with van der Waals surface area (Å²) in [5.41, 5.74) is 0.399. The van der Waals surface area contributed by atoms with Gasteiger partial charge in [-0.15, -0.1) is 0 Å². The van der Waals surface area contributed by atoms with Crippen LogP contribution in [0, 0.1) is 5.41 Å². The number of rotatable bonds is 4. The average molecular weight is 341 g/mol. The van der Waals surface area contributed by atoms with Crippen molar-refractivity contribution in [2.24, 2.45) is 5.41 Å². The van der Waals surface area contributed by atoms with Gasteiger partial charge in [-0.3, -0.25) is 4.79 Å². The molecule has 1 aliphatic rings. The zero-order chi connectivity index (χ0) is 14.6. The van der Waals surface area contributed by atoms with Gasteiger partial charge in [-0.25, -0.2) is 0 Å². The fourth-order valence-electron chi connectivity index (χ4n) is 2.66. The van der Waals surface area contributed by atoms with Gasteiger partial charge < -0.3 is 15.4 Å². The predicted molar refractivity (Wildman–Crippen MR) is 84.2 cm³/mol. The Hall–Kier alpha value is -1.07. The van der Waals surface area contributed by atoms with E-state index in [1.807, 2.05) is 18.2 Å². The number of piperidine rings is 1. The van der Waals surface area contributed by atoms with Crippen LogP contribution < -0.4 is 15.4 Å². The lowest BCUT2D eigenvalue weighted by Crippen LogP contribution is -2.47. The van der Waals surface area contributed by atoms with Gasteiger partial charge in [0.05, 0.1) is 18.2 Å². The summed E-state index contributed by atoms with van der Waals surface area (Å²) in [6.45, 7) is 3.81. The molecule has 0 aromatic heterocycles. The second-order valence-electron chi connectivity index (χ2n) is 5.21. The Labute approximate surface area is 128 Å². The van der Waals surface area contributed by atoms with Crippen molar-refractivity contribution in [1.82, 2.24) is 5.32 Å². The lowest BCUT2D eigenvalue weighted by Gasteiger charge is -2.35. The highest BCUT2D eigenvalue weighted by Gasteiger charge is 2.38. The van der Waals surface area contributed by atoms with Gasteiger partial charge in [-0.2, -0.15) is 0 Å². The Kier molecular flexibility index (Phi) is 5.05. The molecular weight excluding hydrogens is 320 g/mol. The van der Waals surface area contributed by atoms with Crippen LogP contribution in [-0.4, -0.2) is 26.1 Å². The number of hydrogen-bond donors (Lipinski definition) is 2. The highest BCUT2D eigenvalue weighted by Crippen LogP contribution is 2.34. The van der Waals surface area contributed by atoms with Crippen molar-refractivity contribution in [3.63, 3.8) is 0 Å². The van der Waals surface area contributed by atoms with Crippen molar-refractivity contribution in [3.8, 4) is 5.75 Å². The normalized spacial score (nSPS) is 22.4. The third kappa shape index (κ3) is 3.15. The molecule has 2 N–H and O–H groups in total. The Morgan fingerprint density at radius 2 is 2.35 bits per heavy atom. The number of benzene rings is 1. The zero-order valence-corrected chi connectivity index (χ0v) is 13.5. The maximum Gasteiger partial charge on any atom is 0.231 e. The van der Waals surface area contributed by atoms with Gasteiger partial charge in [0.25, 0.3) is 0 Å². The highest BCUT2D eigenvalue weighted by molar-refractivity contribution is 9.10. The van der Waals surface area contributed by atoms with E-state index in [1.54, 1.807) is 7.11 Å². The van der Waals surface area contributed by atoms with Crippen LogP contribution in [0.3, 0.4) is 0 Å². The molecule has 0 radical (unpaired) electrons. The first kappa shape index (κ1) is 15.3. The van der Waals surface area contributed by atoms with E-state index in [-0.39, 0.29) is 11.3 Å². The summed E-state index contributed by atoms with van der Waals surface area (Å²) in [5.74, 6) is 0.750. The second kappa shape index (κ2) is 6.59. The van der Waals surface area contributed by atoms with E-state index >= 15 is 0 Å². The summed E-state index contributed by atoms with van der Waals surface area (Å²) >= 11 is 3.42. The van der Waals surface area contributed by atoms with Crippen molar-refractivity contribution in [3.05, 3.63) is 22.7 Å². The molecule has 1 aromatic carbocycles. The van der Waals surface area contributed by atoms with Crippen LogP contribution in [0.5, 0.6) is 5.75 Å². The van der Waals surface area contributed by atoms with Crippen LogP contribution in [0.15, 0.2) is 22.7 Å².